The van der Waals surface area contributed by atoms with E-state index in [4.69, 9.17) is 21.1 Å². The molecule has 0 saturated heterocycles. The SMILES string of the molecule is C=C(Cl)COc1ccc(C(C)NCC)cc1OC. The van der Waals surface area contributed by atoms with Gasteiger partial charge in [-0.15, -0.1) is 0 Å². The molecule has 0 aliphatic carbocycles. The third-order valence-corrected chi connectivity index (χ3v) is 2.69. The number of rotatable bonds is 7. The molecular formula is C14H20ClNO2. The lowest BCUT2D eigenvalue weighted by Gasteiger charge is -2.16. The molecule has 0 fully saturated rings. The van der Waals surface area contributed by atoms with E-state index >= 15 is 0 Å². The lowest BCUT2D eigenvalue weighted by molar-refractivity contribution is 0.323. The molecule has 0 amide bonds. The van der Waals surface area contributed by atoms with E-state index in [0.29, 0.717) is 16.5 Å². The molecule has 0 heterocycles. The first kappa shape index (κ1) is 14.9. The van der Waals surface area contributed by atoms with Gasteiger partial charge in [0, 0.05) is 11.1 Å². The van der Waals surface area contributed by atoms with Crippen molar-refractivity contribution >= 4 is 11.6 Å². The Morgan fingerprint density at radius 2 is 2.17 bits per heavy atom. The first-order valence-electron chi connectivity index (χ1n) is 5.95. The number of ether oxygens (including phenoxy) is 2. The molecule has 0 bridgehead atoms. The Morgan fingerprint density at radius 3 is 2.72 bits per heavy atom. The summed E-state index contributed by atoms with van der Waals surface area (Å²) in [6, 6.07) is 6.16. The zero-order chi connectivity index (χ0) is 13.5. The zero-order valence-corrected chi connectivity index (χ0v) is 11.9. The Labute approximate surface area is 114 Å². The van der Waals surface area contributed by atoms with Crippen LogP contribution in [0.3, 0.4) is 0 Å². The van der Waals surface area contributed by atoms with Gasteiger partial charge in [0.25, 0.3) is 0 Å². The summed E-state index contributed by atoms with van der Waals surface area (Å²) in [5, 5.41) is 3.81. The first-order chi connectivity index (χ1) is 8.58. The maximum absolute atomic E-state index is 5.68. The summed E-state index contributed by atoms with van der Waals surface area (Å²) in [5.41, 5.74) is 1.16. The molecule has 18 heavy (non-hydrogen) atoms. The highest BCUT2D eigenvalue weighted by molar-refractivity contribution is 6.29. The summed E-state index contributed by atoms with van der Waals surface area (Å²) >= 11 is 5.68. The highest BCUT2D eigenvalue weighted by atomic mass is 35.5. The highest BCUT2D eigenvalue weighted by Gasteiger charge is 2.10. The Morgan fingerprint density at radius 1 is 1.44 bits per heavy atom. The number of benzene rings is 1. The second kappa shape index (κ2) is 7.29. The number of nitrogens with one attached hydrogen (secondary N) is 1. The Bertz CT molecular complexity index is 407. The van der Waals surface area contributed by atoms with Gasteiger partial charge in [0.2, 0.25) is 0 Å². The predicted octanol–water partition coefficient (Wildman–Crippen LogP) is 3.50. The van der Waals surface area contributed by atoms with Crippen LogP contribution in [0.1, 0.15) is 25.5 Å². The van der Waals surface area contributed by atoms with E-state index < -0.39 is 0 Å². The molecule has 100 valence electrons. The van der Waals surface area contributed by atoms with E-state index in [1.165, 1.54) is 0 Å². The molecule has 0 radical (unpaired) electrons. The molecule has 0 aliphatic rings. The van der Waals surface area contributed by atoms with Crippen molar-refractivity contribution in [3.8, 4) is 11.5 Å². The fourth-order valence-electron chi connectivity index (χ4n) is 1.65. The first-order valence-corrected chi connectivity index (χ1v) is 6.33. The average Bonchev–Trinajstić information content (AvgIpc) is 2.36. The third kappa shape index (κ3) is 4.24. The van der Waals surface area contributed by atoms with Gasteiger partial charge in [-0.05, 0) is 31.2 Å². The second-order valence-electron chi connectivity index (χ2n) is 4.00. The van der Waals surface area contributed by atoms with Crippen molar-refractivity contribution in [1.82, 2.24) is 5.32 Å². The number of hydrogen-bond acceptors (Lipinski definition) is 3. The van der Waals surface area contributed by atoms with Gasteiger partial charge in [0.15, 0.2) is 11.5 Å². The fourth-order valence-corrected chi connectivity index (χ4v) is 1.71. The lowest BCUT2D eigenvalue weighted by atomic mass is 10.1. The lowest BCUT2D eigenvalue weighted by Crippen LogP contribution is -2.17. The van der Waals surface area contributed by atoms with E-state index in [0.717, 1.165) is 12.1 Å². The summed E-state index contributed by atoms with van der Waals surface area (Å²) < 4.78 is 10.8. The average molecular weight is 270 g/mol. The van der Waals surface area contributed by atoms with Gasteiger partial charge in [-0.3, -0.25) is 0 Å². The van der Waals surface area contributed by atoms with Crippen LogP contribution in [0.15, 0.2) is 29.8 Å². The quantitative estimate of drug-likeness (QED) is 0.822. The molecule has 1 aromatic rings. The van der Waals surface area contributed by atoms with E-state index in [1.54, 1.807) is 7.11 Å². The largest absolute Gasteiger partial charge is 0.493 e. The summed E-state index contributed by atoms with van der Waals surface area (Å²) in [5.74, 6) is 1.38. The van der Waals surface area contributed by atoms with Gasteiger partial charge in [-0.25, -0.2) is 0 Å². The van der Waals surface area contributed by atoms with Crippen molar-refractivity contribution in [3.05, 3.63) is 35.4 Å². The molecule has 1 rings (SSSR count). The molecule has 1 N–H and O–H groups in total. The van der Waals surface area contributed by atoms with Crippen molar-refractivity contribution in [1.29, 1.82) is 0 Å². The van der Waals surface area contributed by atoms with Crippen LogP contribution in [0.5, 0.6) is 11.5 Å². The summed E-state index contributed by atoms with van der Waals surface area (Å²) in [6.45, 7) is 8.98. The van der Waals surface area contributed by atoms with E-state index in [-0.39, 0.29) is 12.6 Å². The van der Waals surface area contributed by atoms with Gasteiger partial charge in [0.05, 0.1) is 7.11 Å². The van der Waals surface area contributed by atoms with Gasteiger partial charge in [-0.2, -0.15) is 0 Å². The number of hydrogen-bond donors (Lipinski definition) is 1. The van der Waals surface area contributed by atoms with Crippen LogP contribution in [0.2, 0.25) is 0 Å². The molecular weight excluding hydrogens is 250 g/mol. The number of methoxy groups -OCH3 is 1. The van der Waals surface area contributed by atoms with Crippen LogP contribution in [-0.4, -0.2) is 20.3 Å². The van der Waals surface area contributed by atoms with Crippen LogP contribution >= 0.6 is 11.6 Å². The molecule has 3 nitrogen and oxygen atoms in total. The summed E-state index contributed by atoms with van der Waals surface area (Å²) in [4.78, 5) is 0. The van der Waals surface area contributed by atoms with Crippen molar-refractivity contribution in [3.63, 3.8) is 0 Å². The van der Waals surface area contributed by atoms with Crippen LogP contribution in [-0.2, 0) is 0 Å². The third-order valence-electron chi connectivity index (χ3n) is 2.58. The van der Waals surface area contributed by atoms with Gasteiger partial charge >= 0.3 is 0 Å². The molecule has 1 aromatic carbocycles. The molecule has 4 heteroatoms. The van der Waals surface area contributed by atoms with Crippen molar-refractivity contribution < 1.29 is 9.47 Å². The van der Waals surface area contributed by atoms with Crippen LogP contribution in [0, 0.1) is 0 Å². The molecule has 0 aromatic heterocycles. The van der Waals surface area contributed by atoms with Gasteiger partial charge < -0.3 is 14.8 Å². The highest BCUT2D eigenvalue weighted by Crippen LogP contribution is 2.30. The zero-order valence-electron chi connectivity index (χ0n) is 11.1. The van der Waals surface area contributed by atoms with E-state index in [2.05, 4.69) is 25.7 Å². The summed E-state index contributed by atoms with van der Waals surface area (Å²) in [6.07, 6.45) is 0. The monoisotopic (exact) mass is 269 g/mol. The minimum Gasteiger partial charge on any atom is -0.493 e. The molecule has 0 spiro atoms. The minimum absolute atomic E-state index is 0.278. The van der Waals surface area contributed by atoms with Gasteiger partial charge in [0.1, 0.15) is 6.61 Å². The smallest absolute Gasteiger partial charge is 0.161 e. The Kier molecular flexibility index (Phi) is 6.02. The van der Waals surface area contributed by atoms with Crippen molar-refractivity contribution in [2.75, 3.05) is 20.3 Å². The van der Waals surface area contributed by atoms with Crippen LogP contribution in [0.4, 0.5) is 0 Å². The predicted molar refractivity (Wildman–Crippen MR) is 75.6 cm³/mol. The standard InChI is InChI=1S/C14H20ClNO2/c1-5-16-11(3)12-6-7-13(14(8-12)17-4)18-9-10(2)15/h6-8,11,16H,2,5,9H2,1,3-4H3. The Balaban J connectivity index is 2.85. The van der Waals surface area contributed by atoms with Crippen molar-refractivity contribution in [2.24, 2.45) is 0 Å². The van der Waals surface area contributed by atoms with Crippen LogP contribution < -0.4 is 14.8 Å². The topological polar surface area (TPSA) is 30.5 Å². The maximum Gasteiger partial charge on any atom is 0.161 e. The normalized spacial score (nSPS) is 12.0. The van der Waals surface area contributed by atoms with E-state index in [1.807, 2.05) is 18.2 Å². The fraction of sp³-hybridized carbons (Fsp3) is 0.429. The second-order valence-corrected chi connectivity index (χ2v) is 4.53. The maximum atomic E-state index is 5.68. The molecule has 1 unspecified atom stereocenters. The number of halogens is 1. The van der Waals surface area contributed by atoms with Gasteiger partial charge in [-0.1, -0.05) is 31.2 Å². The molecule has 0 saturated carbocycles. The van der Waals surface area contributed by atoms with Crippen molar-refractivity contribution in [2.45, 2.75) is 19.9 Å². The van der Waals surface area contributed by atoms with E-state index in [9.17, 15) is 0 Å². The van der Waals surface area contributed by atoms with Crippen LogP contribution in [0.25, 0.3) is 0 Å². The Hall–Kier alpha value is -1.19. The molecule has 0 aliphatic heterocycles. The summed E-state index contributed by atoms with van der Waals surface area (Å²) in [7, 11) is 1.62. The minimum atomic E-state index is 0.278. The molecule has 1 atom stereocenters.